The van der Waals surface area contributed by atoms with E-state index in [0.717, 1.165) is 12.8 Å². The van der Waals surface area contributed by atoms with Gasteiger partial charge in [0.05, 0.1) is 12.1 Å². The molecule has 0 radical (unpaired) electrons. The molecule has 23 heavy (non-hydrogen) atoms. The Morgan fingerprint density at radius 3 is 2.39 bits per heavy atom. The second kappa shape index (κ2) is 10.1. The lowest BCUT2D eigenvalue weighted by Crippen LogP contribution is -2.47. The van der Waals surface area contributed by atoms with Gasteiger partial charge in [0.1, 0.15) is 12.4 Å². The lowest BCUT2D eigenvalue weighted by Gasteiger charge is -2.32. The van der Waals surface area contributed by atoms with Crippen molar-refractivity contribution in [3.05, 3.63) is 0 Å². The highest BCUT2D eigenvalue weighted by Gasteiger charge is 2.28. The number of hydrogen-bond acceptors (Lipinski definition) is 4. The smallest absolute Gasteiger partial charge is 0.407 e. The van der Waals surface area contributed by atoms with Gasteiger partial charge in [0, 0.05) is 7.11 Å². The number of nitrogens with one attached hydrogen (secondary N) is 1. The minimum absolute atomic E-state index is 0.0342. The summed E-state index contributed by atoms with van der Waals surface area (Å²) in [5, 5.41) is 3.04. The monoisotopic (exact) mass is 329 g/mol. The second-order valence-electron chi connectivity index (χ2n) is 7.51. The van der Waals surface area contributed by atoms with Crippen LogP contribution in [0.5, 0.6) is 0 Å². The minimum atomic E-state index is -0.491. The summed E-state index contributed by atoms with van der Waals surface area (Å²) in [5.74, 6) is 0.656. The summed E-state index contributed by atoms with van der Waals surface area (Å²) in [4.78, 5) is 12.2. The molecule has 1 saturated carbocycles. The van der Waals surface area contributed by atoms with Crippen LogP contribution in [0.3, 0.4) is 0 Å². The van der Waals surface area contributed by atoms with Crippen LogP contribution in [-0.4, -0.2) is 37.7 Å². The topological polar surface area (TPSA) is 56.8 Å². The van der Waals surface area contributed by atoms with Crippen LogP contribution in [0.1, 0.15) is 72.6 Å². The van der Waals surface area contributed by atoms with E-state index in [0.29, 0.717) is 5.92 Å². The molecular formula is C18H35NO4. The molecule has 1 fully saturated rings. The Labute approximate surface area is 141 Å². The Kier molecular flexibility index (Phi) is 8.92. The zero-order valence-electron chi connectivity index (χ0n) is 15.5. The van der Waals surface area contributed by atoms with Crippen molar-refractivity contribution in [2.45, 2.75) is 90.4 Å². The van der Waals surface area contributed by atoms with Crippen molar-refractivity contribution in [3.8, 4) is 0 Å². The maximum absolute atomic E-state index is 12.2. The molecule has 0 heterocycles. The molecule has 5 heteroatoms. The number of amides is 1. The molecular weight excluding hydrogens is 294 g/mol. The van der Waals surface area contributed by atoms with Gasteiger partial charge in [-0.15, -0.1) is 0 Å². The van der Waals surface area contributed by atoms with Gasteiger partial charge < -0.3 is 19.5 Å². The predicted octanol–water partition coefficient (Wildman–Crippen LogP) is 4.25. The van der Waals surface area contributed by atoms with Crippen molar-refractivity contribution in [1.82, 2.24) is 5.32 Å². The number of hydrogen-bond donors (Lipinski definition) is 1. The molecule has 2 atom stereocenters. The zero-order chi connectivity index (χ0) is 17.3. The summed E-state index contributed by atoms with van der Waals surface area (Å²) < 4.78 is 16.2. The fourth-order valence-electron chi connectivity index (χ4n) is 3.22. The predicted molar refractivity (Wildman–Crippen MR) is 91.4 cm³/mol. The minimum Gasteiger partial charge on any atom is -0.444 e. The van der Waals surface area contributed by atoms with E-state index in [9.17, 15) is 4.79 Å². The third-order valence-corrected chi connectivity index (χ3v) is 4.27. The molecule has 0 aromatic rings. The van der Waals surface area contributed by atoms with Gasteiger partial charge in [-0.05, 0) is 39.5 Å². The molecule has 5 nitrogen and oxygen atoms in total. The molecule has 0 aromatic heterocycles. The molecule has 1 aliphatic rings. The lowest BCUT2D eigenvalue weighted by atomic mass is 9.83. The third kappa shape index (κ3) is 8.56. The largest absolute Gasteiger partial charge is 0.444 e. The Bertz CT molecular complexity index is 334. The summed E-state index contributed by atoms with van der Waals surface area (Å²) >= 11 is 0. The van der Waals surface area contributed by atoms with Gasteiger partial charge in [0.15, 0.2) is 0 Å². The molecule has 1 N–H and O–H groups in total. The Balaban J connectivity index is 2.66. The first kappa shape index (κ1) is 20.2. The van der Waals surface area contributed by atoms with Gasteiger partial charge in [0.2, 0.25) is 0 Å². The van der Waals surface area contributed by atoms with Crippen molar-refractivity contribution < 1.29 is 19.0 Å². The Morgan fingerprint density at radius 2 is 1.87 bits per heavy atom. The van der Waals surface area contributed by atoms with E-state index in [4.69, 9.17) is 14.2 Å². The maximum atomic E-state index is 12.2. The van der Waals surface area contributed by atoms with Crippen LogP contribution in [0, 0.1) is 5.92 Å². The first-order valence-electron chi connectivity index (χ1n) is 8.95. The van der Waals surface area contributed by atoms with Gasteiger partial charge in [-0.25, -0.2) is 4.79 Å². The highest BCUT2D eigenvalue weighted by atomic mass is 16.7. The number of alkyl carbamates (subject to hydrolysis) is 1. The number of rotatable bonds is 8. The number of methoxy groups -OCH3 is 1. The van der Waals surface area contributed by atoms with Crippen molar-refractivity contribution >= 4 is 6.09 Å². The van der Waals surface area contributed by atoms with Crippen LogP contribution in [0.2, 0.25) is 0 Å². The molecule has 0 spiro atoms. The van der Waals surface area contributed by atoms with Crippen LogP contribution < -0.4 is 5.32 Å². The van der Waals surface area contributed by atoms with Crippen LogP contribution in [-0.2, 0) is 14.2 Å². The lowest BCUT2D eigenvalue weighted by molar-refractivity contribution is -0.0871. The van der Waals surface area contributed by atoms with Crippen LogP contribution in [0.4, 0.5) is 4.79 Å². The average molecular weight is 329 g/mol. The fourth-order valence-corrected chi connectivity index (χ4v) is 3.22. The first-order valence-corrected chi connectivity index (χ1v) is 8.95. The standard InChI is InChI=1S/C18H35NO4/c1-6-16(22-13-21-5)15(12-14-10-8-7-9-11-14)19-17(20)23-18(2,3)4/h14-16H,6-13H2,1-5H3,(H,19,20). The Hall–Kier alpha value is -0.810. The molecule has 0 saturated heterocycles. The van der Waals surface area contributed by atoms with Crippen LogP contribution >= 0.6 is 0 Å². The molecule has 2 unspecified atom stereocenters. The molecule has 1 aliphatic carbocycles. The van der Waals surface area contributed by atoms with E-state index in [1.54, 1.807) is 7.11 Å². The van der Waals surface area contributed by atoms with E-state index in [1.165, 1.54) is 32.1 Å². The number of ether oxygens (including phenoxy) is 3. The normalized spacial score (nSPS) is 19.2. The molecule has 1 rings (SSSR count). The maximum Gasteiger partial charge on any atom is 0.407 e. The van der Waals surface area contributed by atoms with Crippen LogP contribution in [0.25, 0.3) is 0 Å². The van der Waals surface area contributed by atoms with Crippen LogP contribution in [0.15, 0.2) is 0 Å². The Morgan fingerprint density at radius 1 is 1.22 bits per heavy atom. The third-order valence-electron chi connectivity index (χ3n) is 4.27. The van der Waals surface area contributed by atoms with Gasteiger partial charge in [-0.2, -0.15) is 0 Å². The van der Waals surface area contributed by atoms with Gasteiger partial charge in [-0.1, -0.05) is 39.0 Å². The highest BCUT2D eigenvalue weighted by Crippen LogP contribution is 2.29. The number of carbonyl (C=O) groups is 1. The summed E-state index contributed by atoms with van der Waals surface area (Å²) in [5.41, 5.74) is -0.491. The molecule has 0 aromatic carbocycles. The summed E-state index contributed by atoms with van der Waals surface area (Å²) in [7, 11) is 1.62. The van der Waals surface area contributed by atoms with Gasteiger partial charge >= 0.3 is 6.09 Å². The molecule has 0 bridgehead atoms. The zero-order valence-corrected chi connectivity index (χ0v) is 15.5. The first-order chi connectivity index (χ1) is 10.9. The van der Waals surface area contributed by atoms with Crippen molar-refractivity contribution in [2.24, 2.45) is 5.92 Å². The summed E-state index contributed by atoms with van der Waals surface area (Å²) in [6.45, 7) is 7.95. The van der Waals surface area contributed by atoms with E-state index in [-0.39, 0.29) is 25.0 Å². The van der Waals surface area contributed by atoms with E-state index < -0.39 is 5.60 Å². The second-order valence-corrected chi connectivity index (χ2v) is 7.51. The van der Waals surface area contributed by atoms with Gasteiger partial charge in [0.25, 0.3) is 0 Å². The average Bonchev–Trinajstić information content (AvgIpc) is 2.47. The SMILES string of the molecule is CCC(OCOC)C(CC1CCCCC1)NC(=O)OC(C)(C)C. The quantitative estimate of drug-likeness (QED) is 0.676. The summed E-state index contributed by atoms with van der Waals surface area (Å²) in [6.07, 6.45) is 7.76. The van der Waals surface area contributed by atoms with Crippen molar-refractivity contribution in [3.63, 3.8) is 0 Å². The number of carbonyl (C=O) groups excluding carboxylic acids is 1. The molecule has 0 aliphatic heterocycles. The summed E-state index contributed by atoms with van der Waals surface area (Å²) in [6, 6.07) is -0.0342. The van der Waals surface area contributed by atoms with E-state index in [1.807, 2.05) is 20.8 Å². The van der Waals surface area contributed by atoms with E-state index >= 15 is 0 Å². The molecule has 1 amide bonds. The highest BCUT2D eigenvalue weighted by molar-refractivity contribution is 5.68. The molecule has 136 valence electrons. The van der Waals surface area contributed by atoms with Gasteiger partial charge in [-0.3, -0.25) is 0 Å². The van der Waals surface area contributed by atoms with Crippen molar-refractivity contribution in [2.75, 3.05) is 13.9 Å². The fraction of sp³-hybridized carbons (Fsp3) is 0.944. The van der Waals surface area contributed by atoms with E-state index in [2.05, 4.69) is 12.2 Å². The van der Waals surface area contributed by atoms with Crippen molar-refractivity contribution in [1.29, 1.82) is 0 Å².